The van der Waals surface area contributed by atoms with E-state index >= 15 is 0 Å². The van der Waals surface area contributed by atoms with E-state index in [0.717, 1.165) is 11.3 Å². The number of amides is 1. The predicted octanol–water partition coefficient (Wildman–Crippen LogP) is 2.46. The summed E-state index contributed by atoms with van der Waals surface area (Å²) in [6, 6.07) is 7.55. The minimum Gasteiger partial charge on any atom is -0.488 e. The summed E-state index contributed by atoms with van der Waals surface area (Å²) in [5, 5.41) is 2.72. The Labute approximate surface area is 114 Å². The van der Waals surface area contributed by atoms with Crippen LogP contribution in [0.3, 0.4) is 0 Å². The molecule has 0 aliphatic carbocycles. The normalized spacial score (nSPS) is 10.9. The SMILES string of the molecule is CC(=O)CC(=O)NCc1ccccc1OC(C)(C)C. The van der Waals surface area contributed by atoms with Crippen LogP contribution in [0.5, 0.6) is 5.75 Å². The largest absolute Gasteiger partial charge is 0.488 e. The van der Waals surface area contributed by atoms with Crippen LogP contribution in [0, 0.1) is 0 Å². The fraction of sp³-hybridized carbons (Fsp3) is 0.467. The summed E-state index contributed by atoms with van der Waals surface area (Å²) < 4.78 is 5.83. The van der Waals surface area contributed by atoms with E-state index in [2.05, 4.69) is 5.32 Å². The van der Waals surface area contributed by atoms with Crippen LogP contribution in [0.4, 0.5) is 0 Å². The van der Waals surface area contributed by atoms with E-state index in [9.17, 15) is 9.59 Å². The topological polar surface area (TPSA) is 55.4 Å². The van der Waals surface area contributed by atoms with Crippen molar-refractivity contribution in [3.05, 3.63) is 29.8 Å². The number of Topliss-reactive ketones (excluding diaryl/α,β-unsaturated/α-hetero) is 1. The minimum atomic E-state index is -0.292. The average molecular weight is 263 g/mol. The van der Waals surface area contributed by atoms with E-state index in [1.54, 1.807) is 0 Å². The smallest absolute Gasteiger partial charge is 0.227 e. The molecule has 1 rings (SSSR count). The van der Waals surface area contributed by atoms with Gasteiger partial charge in [0.2, 0.25) is 5.91 Å². The quantitative estimate of drug-likeness (QED) is 0.830. The molecule has 0 bridgehead atoms. The average Bonchev–Trinajstić information content (AvgIpc) is 2.25. The Kier molecular flexibility index (Phi) is 5.10. The standard InChI is InChI=1S/C15H21NO3/c1-11(17)9-14(18)16-10-12-7-5-6-8-13(12)19-15(2,3)4/h5-8H,9-10H2,1-4H3,(H,16,18). The first-order valence-corrected chi connectivity index (χ1v) is 6.31. The van der Waals surface area contributed by atoms with Crippen molar-refractivity contribution < 1.29 is 14.3 Å². The Morgan fingerprint density at radius 3 is 2.42 bits per heavy atom. The number of nitrogens with one attached hydrogen (secondary N) is 1. The first-order valence-electron chi connectivity index (χ1n) is 6.31. The third kappa shape index (κ3) is 6.04. The Morgan fingerprint density at radius 1 is 1.21 bits per heavy atom. The zero-order valence-corrected chi connectivity index (χ0v) is 11.9. The van der Waals surface area contributed by atoms with Crippen LogP contribution in [0.25, 0.3) is 0 Å². The maximum absolute atomic E-state index is 11.5. The van der Waals surface area contributed by atoms with E-state index in [-0.39, 0.29) is 23.7 Å². The lowest BCUT2D eigenvalue weighted by Gasteiger charge is -2.23. The van der Waals surface area contributed by atoms with Crippen molar-refractivity contribution in [3.63, 3.8) is 0 Å². The van der Waals surface area contributed by atoms with Gasteiger partial charge in [-0.1, -0.05) is 18.2 Å². The molecule has 0 aromatic heterocycles. The highest BCUT2D eigenvalue weighted by molar-refractivity contribution is 5.96. The van der Waals surface area contributed by atoms with E-state index in [0.29, 0.717) is 6.54 Å². The molecule has 104 valence electrons. The van der Waals surface area contributed by atoms with Gasteiger partial charge in [0.15, 0.2) is 0 Å². The van der Waals surface area contributed by atoms with Crippen LogP contribution in [-0.2, 0) is 16.1 Å². The molecule has 4 nitrogen and oxygen atoms in total. The number of carbonyl (C=O) groups is 2. The molecule has 0 radical (unpaired) electrons. The molecule has 0 fully saturated rings. The summed E-state index contributed by atoms with van der Waals surface area (Å²) in [6.45, 7) is 7.67. The van der Waals surface area contributed by atoms with Crippen LogP contribution in [0.2, 0.25) is 0 Å². The van der Waals surface area contributed by atoms with Crippen molar-refractivity contribution in [3.8, 4) is 5.75 Å². The zero-order valence-electron chi connectivity index (χ0n) is 11.9. The van der Waals surface area contributed by atoms with E-state index in [4.69, 9.17) is 4.74 Å². The van der Waals surface area contributed by atoms with Crippen LogP contribution in [0.15, 0.2) is 24.3 Å². The van der Waals surface area contributed by atoms with Gasteiger partial charge in [0.25, 0.3) is 0 Å². The number of para-hydroxylation sites is 1. The molecular formula is C15H21NO3. The molecule has 1 N–H and O–H groups in total. The Hall–Kier alpha value is -1.84. The number of benzene rings is 1. The maximum atomic E-state index is 11.5. The fourth-order valence-electron chi connectivity index (χ4n) is 1.56. The first kappa shape index (κ1) is 15.2. The van der Waals surface area contributed by atoms with Gasteiger partial charge in [0.05, 0.1) is 6.42 Å². The van der Waals surface area contributed by atoms with Crippen LogP contribution in [0.1, 0.15) is 39.7 Å². The number of carbonyl (C=O) groups excluding carboxylic acids is 2. The zero-order chi connectivity index (χ0) is 14.5. The van der Waals surface area contributed by atoms with Crippen molar-refractivity contribution in [2.24, 2.45) is 0 Å². The molecule has 1 amide bonds. The molecule has 0 spiro atoms. The molecule has 0 unspecified atom stereocenters. The van der Waals surface area contributed by atoms with Gasteiger partial charge in [-0.3, -0.25) is 9.59 Å². The molecule has 1 aromatic carbocycles. The molecule has 0 aliphatic heterocycles. The Morgan fingerprint density at radius 2 is 1.84 bits per heavy atom. The van der Waals surface area contributed by atoms with Gasteiger partial charge in [-0.15, -0.1) is 0 Å². The first-order chi connectivity index (χ1) is 8.78. The number of hydrogen-bond donors (Lipinski definition) is 1. The third-order valence-corrected chi connectivity index (χ3v) is 2.27. The predicted molar refractivity (Wildman–Crippen MR) is 74.0 cm³/mol. The Bertz CT molecular complexity index is 461. The number of ether oxygens (including phenoxy) is 1. The summed E-state index contributed by atoms with van der Waals surface area (Å²) in [6.07, 6.45) is -0.0811. The molecule has 4 heteroatoms. The van der Waals surface area contributed by atoms with Crippen molar-refractivity contribution in [1.29, 1.82) is 0 Å². The third-order valence-electron chi connectivity index (χ3n) is 2.27. The van der Waals surface area contributed by atoms with Gasteiger partial charge < -0.3 is 10.1 Å². The highest BCUT2D eigenvalue weighted by Gasteiger charge is 2.14. The minimum absolute atomic E-state index is 0.0811. The molecular weight excluding hydrogens is 242 g/mol. The van der Waals surface area contributed by atoms with Gasteiger partial charge in [0.1, 0.15) is 17.1 Å². The molecule has 0 saturated carbocycles. The number of rotatable bonds is 5. The van der Waals surface area contributed by atoms with E-state index in [1.165, 1.54) is 6.92 Å². The summed E-state index contributed by atoms with van der Waals surface area (Å²) in [7, 11) is 0. The summed E-state index contributed by atoms with van der Waals surface area (Å²) >= 11 is 0. The number of hydrogen-bond acceptors (Lipinski definition) is 3. The number of ketones is 1. The molecule has 0 atom stereocenters. The van der Waals surface area contributed by atoms with Crippen LogP contribution < -0.4 is 10.1 Å². The lowest BCUT2D eigenvalue weighted by atomic mass is 10.1. The summed E-state index contributed by atoms with van der Waals surface area (Å²) in [4.78, 5) is 22.3. The van der Waals surface area contributed by atoms with E-state index < -0.39 is 0 Å². The highest BCUT2D eigenvalue weighted by atomic mass is 16.5. The van der Waals surface area contributed by atoms with Crippen molar-refractivity contribution >= 4 is 11.7 Å². The fourth-order valence-corrected chi connectivity index (χ4v) is 1.56. The molecule has 19 heavy (non-hydrogen) atoms. The monoisotopic (exact) mass is 263 g/mol. The second-order valence-electron chi connectivity index (χ2n) is 5.48. The molecule has 1 aromatic rings. The second-order valence-corrected chi connectivity index (χ2v) is 5.48. The van der Waals surface area contributed by atoms with Gasteiger partial charge in [-0.25, -0.2) is 0 Å². The molecule has 0 heterocycles. The van der Waals surface area contributed by atoms with Gasteiger partial charge in [0, 0.05) is 12.1 Å². The van der Waals surface area contributed by atoms with E-state index in [1.807, 2.05) is 45.0 Å². The summed E-state index contributed by atoms with van der Waals surface area (Å²) in [5.74, 6) is 0.341. The highest BCUT2D eigenvalue weighted by Crippen LogP contribution is 2.22. The van der Waals surface area contributed by atoms with Crippen LogP contribution >= 0.6 is 0 Å². The van der Waals surface area contributed by atoms with Crippen molar-refractivity contribution in [1.82, 2.24) is 5.32 Å². The molecule has 0 saturated heterocycles. The second kappa shape index (κ2) is 6.36. The van der Waals surface area contributed by atoms with Crippen molar-refractivity contribution in [2.45, 2.75) is 46.3 Å². The molecule has 0 aliphatic rings. The lowest BCUT2D eigenvalue weighted by Crippen LogP contribution is -2.27. The van der Waals surface area contributed by atoms with Crippen LogP contribution in [-0.4, -0.2) is 17.3 Å². The van der Waals surface area contributed by atoms with Gasteiger partial charge in [-0.2, -0.15) is 0 Å². The maximum Gasteiger partial charge on any atom is 0.227 e. The van der Waals surface area contributed by atoms with Gasteiger partial charge in [-0.05, 0) is 33.8 Å². The van der Waals surface area contributed by atoms with Crippen molar-refractivity contribution in [2.75, 3.05) is 0 Å². The van der Waals surface area contributed by atoms with Gasteiger partial charge >= 0.3 is 0 Å². The summed E-state index contributed by atoms with van der Waals surface area (Å²) in [5.41, 5.74) is 0.605. The lowest BCUT2D eigenvalue weighted by molar-refractivity contribution is -0.127. The Balaban J connectivity index is 2.68.